The summed E-state index contributed by atoms with van der Waals surface area (Å²) in [6, 6.07) is 14.1. The number of nitrogens with zero attached hydrogens (tertiary/aromatic N) is 3. The van der Waals surface area contributed by atoms with E-state index in [4.69, 9.17) is 0 Å². The fraction of sp³-hybridized carbons (Fsp3) is 0.346. The van der Waals surface area contributed by atoms with Gasteiger partial charge in [0.1, 0.15) is 5.75 Å². The van der Waals surface area contributed by atoms with Crippen molar-refractivity contribution in [2.45, 2.75) is 25.4 Å². The fourth-order valence-electron chi connectivity index (χ4n) is 5.27. The van der Waals surface area contributed by atoms with Crippen molar-refractivity contribution in [3.8, 4) is 5.75 Å². The molecule has 2 aliphatic rings. The molecule has 2 aliphatic heterocycles. The molecule has 2 aromatic carbocycles. The molecule has 2 N–H and O–H groups in total. The average molecular weight is 446 g/mol. The van der Waals surface area contributed by atoms with Gasteiger partial charge in [-0.25, -0.2) is 0 Å². The van der Waals surface area contributed by atoms with Crippen LogP contribution in [0.25, 0.3) is 10.8 Å². The summed E-state index contributed by atoms with van der Waals surface area (Å²) in [7, 11) is 0. The van der Waals surface area contributed by atoms with Crippen molar-refractivity contribution < 1.29 is 19.8 Å². The molecular weight excluding hydrogens is 418 g/mol. The van der Waals surface area contributed by atoms with E-state index >= 15 is 0 Å². The van der Waals surface area contributed by atoms with Crippen LogP contribution in [0.5, 0.6) is 5.75 Å². The lowest BCUT2D eigenvalue weighted by molar-refractivity contribution is -0.0299. The summed E-state index contributed by atoms with van der Waals surface area (Å²) in [6.45, 7) is 2.09. The smallest absolute Gasteiger partial charge is 0.255 e. The number of amides is 2. The molecular formula is C26H27N3O4. The third kappa shape index (κ3) is 4.28. The van der Waals surface area contributed by atoms with Gasteiger partial charge in [0.25, 0.3) is 11.8 Å². The standard InChI is InChI=1S/C26H27N3O4/c30-22-6-5-18-12-20(4-3-19(18)13-22)24(32)28-10-7-26(8-11-28)14-23(31)16-29(17-26)25(33)21-2-1-9-27-15-21/h1-6,9,12-13,15,23,30-31H,7-8,10-11,14,16-17H2. The van der Waals surface area contributed by atoms with Crippen LogP contribution in [-0.4, -0.2) is 69.1 Å². The molecule has 2 fully saturated rings. The van der Waals surface area contributed by atoms with Crippen LogP contribution in [0, 0.1) is 5.41 Å². The molecule has 1 spiro atoms. The first-order valence-electron chi connectivity index (χ1n) is 11.3. The second kappa shape index (κ2) is 8.48. The third-order valence-electron chi connectivity index (χ3n) is 7.00. The van der Waals surface area contributed by atoms with Gasteiger partial charge in [0.05, 0.1) is 11.7 Å². The number of benzene rings is 2. The van der Waals surface area contributed by atoms with Crippen molar-refractivity contribution in [1.29, 1.82) is 0 Å². The molecule has 33 heavy (non-hydrogen) atoms. The monoisotopic (exact) mass is 445 g/mol. The van der Waals surface area contributed by atoms with Gasteiger partial charge in [-0.1, -0.05) is 12.1 Å². The number of aromatic nitrogens is 1. The van der Waals surface area contributed by atoms with Gasteiger partial charge in [0, 0.05) is 44.1 Å². The molecule has 0 saturated carbocycles. The SMILES string of the molecule is O=C(c1ccc2cc(O)ccc2c1)N1CCC2(CC1)CC(O)CN(C(=O)c1cccnc1)C2. The second-order valence-electron chi connectivity index (χ2n) is 9.32. The number of carbonyl (C=O) groups excluding carboxylic acids is 2. The van der Waals surface area contributed by atoms with Crippen molar-refractivity contribution in [2.75, 3.05) is 26.2 Å². The average Bonchev–Trinajstić information content (AvgIpc) is 2.83. The minimum atomic E-state index is -0.571. The first kappa shape index (κ1) is 21.4. The number of hydrogen-bond donors (Lipinski definition) is 2. The zero-order chi connectivity index (χ0) is 23.0. The summed E-state index contributed by atoms with van der Waals surface area (Å²) < 4.78 is 0. The highest BCUT2D eigenvalue weighted by atomic mass is 16.3. The molecule has 1 atom stereocenters. The molecule has 5 rings (SSSR count). The zero-order valence-corrected chi connectivity index (χ0v) is 18.4. The molecule has 0 bridgehead atoms. The van der Waals surface area contributed by atoms with Gasteiger partial charge in [0.2, 0.25) is 0 Å². The van der Waals surface area contributed by atoms with E-state index in [1.54, 1.807) is 47.6 Å². The number of fused-ring (bicyclic) bond motifs is 1. The third-order valence-corrected chi connectivity index (χ3v) is 7.00. The Bertz CT molecular complexity index is 1190. The van der Waals surface area contributed by atoms with E-state index in [-0.39, 0.29) is 23.0 Å². The van der Waals surface area contributed by atoms with Crippen molar-refractivity contribution in [1.82, 2.24) is 14.8 Å². The lowest BCUT2D eigenvalue weighted by atomic mass is 9.71. The van der Waals surface area contributed by atoms with Gasteiger partial charge in [-0.3, -0.25) is 14.6 Å². The number of aliphatic hydroxyl groups is 1. The molecule has 3 aromatic rings. The van der Waals surface area contributed by atoms with Crippen molar-refractivity contribution in [2.24, 2.45) is 5.41 Å². The van der Waals surface area contributed by atoms with Gasteiger partial charge >= 0.3 is 0 Å². The lowest BCUT2D eigenvalue weighted by Crippen LogP contribution is -2.55. The molecule has 0 radical (unpaired) electrons. The molecule has 2 saturated heterocycles. The predicted molar refractivity (Wildman–Crippen MR) is 124 cm³/mol. The summed E-state index contributed by atoms with van der Waals surface area (Å²) in [6.07, 6.45) is 4.75. The molecule has 1 unspecified atom stereocenters. The fourth-order valence-corrected chi connectivity index (χ4v) is 5.27. The molecule has 1 aromatic heterocycles. The van der Waals surface area contributed by atoms with E-state index in [1.807, 2.05) is 23.1 Å². The normalized spacial score (nSPS) is 20.2. The number of pyridine rings is 1. The zero-order valence-electron chi connectivity index (χ0n) is 18.4. The van der Waals surface area contributed by atoms with Crippen LogP contribution >= 0.6 is 0 Å². The highest BCUT2D eigenvalue weighted by molar-refractivity contribution is 5.99. The number of phenols is 1. The van der Waals surface area contributed by atoms with Gasteiger partial charge < -0.3 is 20.0 Å². The number of rotatable bonds is 2. The number of piperidine rings is 2. The van der Waals surface area contributed by atoms with Crippen LogP contribution in [0.2, 0.25) is 0 Å². The Morgan fingerprint density at radius 2 is 1.67 bits per heavy atom. The molecule has 0 aliphatic carbocycles. The Morgan fingerprint density at radius 1 is 0.939 bits per heavy atom. The van der Waals surface area contributed by atoms with E-state index in [0.29, 0.717) is 43.7 Å². The van der Waals surface area contributed by atoms with E-state index < -0.39 is 6.10 Å². The van der Waals surface area contributed by atoms with E-state index in [9.17, 15) is 19.8 Å². The summed E-state index contributed by atoms with van der Waals surface area (Å²) in [5.41, 5.74) is 0.966. The molecule has 2 amide bonds. The minimum Gasteiger partial charge on any atom is -0.508 e. The Morgan fingerprint density at radius 3 is 2.42 bits per heavy atom. The van der Waals surface area contributed by atoms with Crippen LogP contribution in [0.3, 0.4) is 0 Å². The van der Waals surface area contributed by atoms with Crippen LogP contribution < -0.4 is 0 Å². The summed E-state index contributed by atoms with van der Waals surface area (Å²) >= 11 is 0. The summed E-state index contributed by atoms with van der Waals surface area (Å²) in [4.78, 5) is 33.7. The number of phenolic OH excluding ortho intramolecular Hbond substituents is 1. The maximum absolute atomic E-state index is 13.2. The van der Waals surface area contributed by atoms with Gasteiger partial charge in [-0.2, -0.15) is 0 Å². The molecule has 7 nitrogen and oxygen atoms in total. The van der Waals surface area contributed by atoms with Crippen molar-refractivity contribution >= 4 is 22.6 Å². The Labute approximate surface area is 192 Å². The first-order chi connectivity index (χ1) is 15.9. The largest absolute Gasteiger partial charge is 0.508 e. The van der Waals surface area contributed by atoms with Crippen molar-refractivity contribution in [3.05, 3.63) is 72.1 Å². The second-order valence-corrected chi connectivity index (χ2v) is 9.32. The Hall–Kier alpha value is -3.45. The number of β-amino-alcohol motifs (C(OH)–C–C–N with tert-alkyl or cyclic N) is 1. The van der Waals surface area contributed by atoms with Gasteiger partial charge in [-0.15, -0.1) is 0 Å². The topological polar surface area (TPSA) is 94.0 Å². The summed E-state index contributed by atoms with van der Waals surface area (Å²) in [5, 5.41) is 22.0. The number of carbonyl (C=O) groups is 2. The van der Waals surface area contributed by atoms with Crippen LogP contribution in [-0.2, 0) is 0 Å². The lowest BCUT2D eigenvalue weighted by Gasteiger charge is -2.49. The molecule has 7 heteroatoms. The Kier molecular flexibility index (Phi) is 5.50. The number of aromatic hydroxyl groups is 1. The van der Waals surface area contributed by atoms with Crippen LogP contribution in [0.4, 0.5) is 0 Å². The number of likely N-dealkylation sites (tertiary alicyclic amines) is 2. The number of aliphatic hydroxyl groups excluding tert-OH is 1. The van der Waals surface area contributed by atoms with Gasteiger partial charge in [0.15, 0.2) is 0 Å². The van der Waals surface area contributed by atoms with E-state index in [1.165, 1.54) is 0 Å². The van der Waals surface area contributed by atoms with Crippen molar-refractivity contribution in [3.63, 3.8) is 0 Å². The van der Waals surface area contributed by atoms with Crippen LogP contribution in [0.15, 0.2) is 60.9 Å². The van der Waals surface area contributed by atoms with E-state index in [2.05, 4.69) is 4.98 Å². The highest BCUT2D eigenvalue weighted by Crippen LogP contribution is 2.40. The molecule has 170 valence electrons. The van der Waals surface area contributed by atoms with E-state index in [0.717, 1.165) is 23.6 Å². The predicted octanol–water partition coefficient (Wildman–Crippen LogP) is 3.07. The minimum absolute atomic E-state index is 0.0144. The highest BCUT2D eigenvalue weighted by Gasteiger charge is 2.43. The first-order valence-corrected chi connectivity index (χ1v) is 11.3. The quantitative estimate of drug-likeness (QED) is 0.632. The molecule has 3 heterocycles. The maximum Gasteiger partial charge on any atom is 0.255 e. The van der Waals surface area contributed by atoms with Crippen LogP contribution in [0.1, 0.15) is 40.0 Å². The summed E-state index contributed by atoms with van der Waals surface area (Å²) in [5.74, 6) is 0.0787. The Balaban J connectivity index is 1.28. The number of hydrogen-bond acceptors (Lipinski definition) is 5. The van der Waals surface area contributed by atoms with Gasteiger partial charge in [-0.05, 0) is 71.8 Å². The maximum atomic E-state index is 13.2.